The van der Waals surface area contributed by atoms with E-state index in [1.807, 2.05) is 25.1 Å². The van der Waals surface area contributed by atoms with Crippen LogP contribution in [0.3, 0.4) is 0 Å². The molecule has 4 heteroatoms. The first kappa shape index (κ1) is 18.1. The van der Waals surface area contributed by atoms with Gasteiger partial charge in [0.25, 0.3) is 0 Å². The third-order valence-electron chi connectivity index (χ3n) is 3.42. The Labute approximate surface area is 133 Å². The van der Waals surface area contributed by atoms with Crippen LogP contribution in [-0.4, -0.2) is 26.2 Å². The number of rotatable bonds is 8. The van der Waals surface area contributed by atoms with Crippen molar-refractivity contribution < 1.29 is 14.3 Å². The molecule has 0 aliphatic carbocycles. The molecular weight excluding hydrogens is 278 g/mol. The Hall–Kier alpha value is -1.97. The standard InChI is InChI=1S/C18H27NO3/c1-13(2)6-7-14(3)19-18(20)11-8-15-12-16(21-4)9-10-17(15)22-5/h8-14H,6-7H2,1-5H3,(H,19,20)/b11-8+/t14-/m0/s1. The smallest absolute Gasteiger partial charge is 0.244 e. The number of carbonyl (C=O) groups excluding carboxylic acids is 1. The van der Waals surface area contributed by atoms with Gasteiger partial charge in [0, 0.05) is 17.7 Å². The number of benzene rings is 1. The first-order valence-electron chi connectivity index (χ1n) is 7.66. The number of ether oxygens (including phenoxy) is 2. The van der Waals surface area contributed by atoms with Gasteiger partial charge in [0.2, 0.25) is 5.91 Å². The first-order valence-corrected chi connectivity index (χ1v) is 7.66. The Morgan fingerprint density at radius 3 is 2.50 bits per heavy atom. The number of amides is 1. The Kier molecular flexibility index (Phi) is 7.50. The molecule has 0 heterocycles. The first-order chi connectivity index (χ1) is 10.5. The number of nitrogens with one attached hydrogen (secondary N) is 1. The van der Waals surface area contributed by atoms with Crippen molar-refractivity contribution in [2.45, 2.75) is 39.7 Å². The van der Waals surface area contributed by atoms with Gasteiger partial charge in [-0.1, -0.05) is 13.8 Å². The van der Waals surface area contributed by atoms with Gasteiger partial charge in [-0.05, 0) is 50.0 Å². The van der Waals surface area contributed by atoms with Crippen LogP contribution in [0, 0.1) is 5.92 Å². The van der Waals surface area contributed by atoms with Gasteiger partial charge in [0.15, 0.2) is 0 Å². The van der Waals surface area contributed by atoms with Crippen LogP contribution in [0.5, 0.6) is 11.5 Å². The van der Waals surface area contributed by atoms with Crippen molar-refractivity contribution in [3.63, 3.8) is 0 Å². The van der Waals surface area contributed by atoms with Gasteiger partial charge in [-0.15, -0.1) is 0 Å². The minimum Gasteiger partial charge on any atom is -0.497 e. The average molecular weight is 305 g/mol. The lowest BCUT2D eigenvalue weighted by molar-refractivity contribution is -0.117. The summed E-state index contributed by atoms with van der Waals surface area (Å²) in [6.45, 7) is 6.40. The van der Waals surface area contributed by atoms with E-state index in [1.165, 1.54) is 6.08 Å². The minimum atomic E-state index is -0.0962. The second kappa shape index (κ2) is 9.13. The molecule has 1 atom stereocenters. The van der Waals surface area contributed by atoms with Crippen LogP contribution < -0.4 is 14.8 Å². The minimum absolute atomic E-state index is 0.0962. The van der Waals surface area contributed by atoms with Gasteiger partial charge in [0.05, 0.1) is 14.2 Å². The second-order valence-electron chi connectivity index (χ2n) is 5.82. The fourth-order valence-electron chi connectivity index (χ4n) is 2.08. The third kappa shape index (κ3) is 6.20. The quantitative estimate of drug-likeness (QED) is 0.746. The van der Waals surface area contributed by atoms with Crippen LogP contribution in [0.25, 0.3) is 6.08 Å². The molecule has 0 bridgehead atoms. The molecule has 1 amide bonds. The summed E-state index contributed by atoms with van der Waals surface area (Å²) in [5.74, 6) is 1.99. The zero-order valence-electron chi connectivity index (χ0n) is 14.2. The average Bonchev–Trinajstić information content (AvgIpc) is 2.50. The van der Waals surface area contributed by atoms with Crippen molar-refractivity contribution in [2.24, 2.45) is 5.92 Å². The fourth-order valence-corrected chi connectivity index (χ4v) is 2.08. The van der Waals surface area contributed by atoms with E-state index in [0.29, 0.717) is 11.7 Å². The maximum atomic E-state index is 12.0. The zero-order chi connectivity index (χ0) is 16.5. The monoisotopic (exact) mass is 305 g/mol. The molecule has 1 aromatic rings. The van der Waals surface area contributed by atoms with Gasteiger partial charge < -0.3 is 14.8 Å². The molecule has 0 unspecified atom stereocenters. The van der Waals surface area contributed by atoms with E-state index in [0.717, 1.165) is 24.2 Å². The highest BCUT2D eigenvalue weighted by molar-refractivity contribution is 5.92. The van der Waals surface area contributed by atoms with Crippen molar-refractivity contribution >= 4 is 12.0 Å². The molecule has 0 radical (unpaired) electrons. The van der Waals surface area contributed by atoms with Crippen molar-refractivity contribution in [1.82, 2.24) is 5.32 Å². The van der Waals surface area contributed by atoms with Crippen LogP contribution in [0.1, 0.15) is 39.2 Å². The van der Waals surface area contributed by atoms with Gasteiger partial charge in [-0.25, -0.2) is 0 Å². The Bertz CT molecular complexity index is 509. The second-order valence-corrected chi connectivity index (χ2v) is 5.82. The lowest BCUT2D eigenvalue weighted by Crippen LogP contribution is -2.31. The SMILES string of the molecule is COc1ccc(OC)c(/C=C/C(=O)N[C@@H](C)CCC(C)C)c1. The Morgan fingerprint density at radius 1 is 1.18 bits per heavy atom. The molecule has 0 aliphatic rings. The summed E-state index contributed by atoms with van der Waals surface area (Å²) in [5.41, 5.74) is 0.812. The van der Waals surface area contributed by atoms with Crippen molar-refractivity contribution in [3.8, 4) is 11.5 Å². The molecule has 1 aromatic carbocycles. The number of hydrogen-bond acceptors (Lipinski definition) is 3. The van der Waals surface area contributed by atoms with Gasteiger partial charge >= 0.3 is 0 Å². The largest absolute Gasteiger partial charge is 0.497 e. The van der Waals surface area contributed by atoms with Crippen molar-refractivity contribution in [3.05, 3.63) is 29.8 Å². The van der Waals surface area contributed by atoms with Gasteiger partial charge in [0.1, 0.15) is 11.5 Å². The molecule has 0 saturated heterocycles. The summed E-state index contributed by atoms with van der Waals surface area (Å²) in [6, 6.07) is 5.66. The lowest BCUT2D eigenvalue weighted by atomic mass is 10.0. The molecule has 4 nitrogen and oxygen atoms in total. The van der Waals surface area contributed by atoms with E-state index < -0.39 is 0 Å². The van der Waals surface area contributed by atoms with Crippen LogP contribution >= 0.6 is 0 Å². The van der Waals surface area contributed by atoms with Gasteiger partial charge in [-0.3, -0.25) is 4.79 Å². The molecular formula is C18H27NO3. The van der Waals surface area contributed by atoms with E-state index in [1.54, 1.807) is 20.3 Å². The molecule has 1 N–H and O–H groups in total. The third-order valence-corrected chi connectivity index (χ3v) is 3.42. The summed E-state index contributed by atoms with van der Waals surface area (Å²) in [7, 11) is 3.21. The van der Waals surface area contributed by atoms with Crippen molar-refractivity contribution in [1.29, 1.82) is 0 Å². The predicted octanol–water partition coefficient (Wildman–Crippen LogP) is 3.66. The van der Waals surface area contributed by atoms with Crippen molar-refractivity contribution in [2.75, 3.05) is 14.2 Å². The number of methoxy groups -OCH3 is 2. The zero-order valence-corrected chi connectivity index (χ0v) is 14.2. The van der Waals surface area contributed by atoms with Gasteiger partial charge in [-0.2, -0.15) is 0 Å². The summed E-state index contributed by atoms with van der Waals surface area (Å²) < 4.78 is 10.5. The van der Waals surface area contributed by atoms with E-state index in [2.05, 4.69) is 19.2 Å². The highest BCUT2D eigenvalue weighted by Gasteiger charge is 2.07. The summed E-state index contributed by atoms with van der Waals surface area (Å²) in [6.07, 6.45) is 5.36. The number of carbonyl (C=O) groups is 1. The van der Waals surface area contributed by atoms with E-state index >= 15 is 0 Å². The van der Waals surface area contributed by atoms with Crippen LogP contribution in [0.15, 0.2) is 24.3 Å². The summed E-state index contributed by atoms with van der Waals surface area (Å²) >= 11 is 0. The van der Waals surface area contributed by atoms with E-state index in [-0.39, 0.29) is 11.9 Å². The number of hydrogen-bond donors (Lipinski definition) is 1. The lowest BCUT2D eigenvalue weighted by Gasteiger charge is -2.13. The molecule has 122 valence electrons. The van der Waals surface area contributed by atoms with Crippen LogP contribution in [0.2, 0.25) is 0 Å². The van der Waals surface area contributed by atoms with E-state index in [4.69, 9.17) is 9.47 Å². The Morgan fingerprint density at radius 2 is 1.91 bits per heavy atom. The van der Waals surface area contributed by atoms with Crippen LogP contribution in [-0.2, 0) is 4.79 Å². The van der Waals surface area contributed by atoms with E-state index in [9.17, 15) is 4.79 Å². The molecule has 1 rings (SSSR count). The summed E-state index contributed by atoms with van der Waals surface area (Å²) in [4.78, 5) is 12.0. The molecule has 0 saturated carbocycles. The fraction of sp³-hybridized carbons (Fsp3) is 0.500. The maximum Gasteiger partial charge on any atom is 0.244 e. The highest BCUT2D eigenvalue weighted by atomic mass is 16.5. The topological polar surface area (TPSA) is 47.6 Å². The summed E-state index contributed by atoms with van der Waals surface area (Å²) in [5, 5.41) is 2.97. The molecule has 0 aromatic heterocycles. The molecule has 0 spiro atoms. The Balaban J connectivity index is 2.65. The molecule has 0 aliphatic heterocycles. The normalized spacial score (nSPS) is 12.5. The maximum absolute atomic E-state index is 12.0. The highest BCUT2D eigenvalue weighted by Crippen LogP contribution is 2.25. The molecule has 22 heavy (non-hydrogen) atoms. The molecule has 0 fully saturated rings. The predicted molar refractivity (Wildman–Crippen MR) is 90.3 cm³/mol. The van der Waals surface area contributed by atoms with Crippen LogP contribution in [0.4, 0.5) is 0 Å².